The second-order valence-corrected chi connectivity index (χ2v) is 9.47. The van der Waals surface area contributed by atoms with Crippen LogP contribution in [-0.4, -0.2) is 83.5 Å². The predicted octanol–water partition coefficient (Wildman–Crippen LogP) is 5.51. The number of aromatic amines is 1. The lowest BCUT2D eigenvalue weighted by Crippen LogP contribution is -2.45. The number of nitrogens with one attached hydrogen (secondary N) is 1. The van der Waals surface area contributed by atoms with Crippen LogP contribution < -0.4 is 9.80 Å². The second-order valence-electron chi connectivity index (χ2n) is 9.47. The monoisotopic (exact) mass is 599 g/mol. The third-order valence-electron chi connectivity index (χ3n) is 6.38. The van der Waals surface area contributed by atoms with Gasteiger partial charge in [0.1, 0.15) is 5.82 Å². The largest absolute Gasteiger partial charge is 0.386 e. The number of anilines is 3. The van der Waals surface area contributed by atoms with Gasteiger partial charge in [-0.1, -0.05) is 26.0 Å². The first-order valence-electron chi connectivity index (χ1n) is 13.8. The van der Waals surface area contributed by atoms with E-state index in [1.807, 2.05) is 61.9 Å². The van der Waals surface area contributed by atoms with E-state index >= 15 is 0 Å². The highest BCUT2D eigenvalue weighted by Crippen LogP contribution is 2.36. The van der Waals surface area contributed by atoms with Gasteiger partial charge in [0.25, 0.3) is 0 Å². The number of aryl methyl sites for hydroxylation is 1. The van der Waals surface area contributed by atoms with Crippen molar-refractivity contribution in [3.05, 3.63) is 60.7 Å². The maximum absolute atomic E-state index is 12.9. The molecule has 13 heteroatoms. The molecule has 1 aliphatic heterocycles. The number of amides is 2. The molecular weight excluding hydrogens is 563 g/mol. The number of ether oxygens (including phenoxy) is 1. The molecule has 10 nitrogen and oxygen atoms in total. The zero-order valence-corrected chi connectivity index (χ0v) is 24.9. The minimum Gasteiger partial charge on any atom is -0.378 e. The van der Waals surface area contributed by atoms with E-state index in [0.29, 0.717) is 37.8 Å². The Kier molecular flexibility index (Phi) is 11.6. The lowest BCUT2D eigenvalue weighted by Gasteiger charge is -2.31. The number of para-hydroxylation sites is 1. The zero-order valence-electron chi connectivity index (χ0n) is 24.9. The SMILES string of the molecule is CC.CC(F)(F)F.Cc1cccc(N(C)CC(=O)N2CCOCC2)c1N(C=O)c1ccc(-c2cncc3[nH]ncc23)cn1. The van der Waals surface area contributed by atoms with Crippen LogP contribution >= 0.6 is 0 Å². The topological polar surface area (TPSA) is 108 Å². The summed E-state index contributed by atoms with van der Waals surface area (Å²) in [6.07, 6.45) is 3.72. The first-order valence-corrected chi connectivity index (χ1v) is 13.8. The number of rotatable bonds is 7. The van der Waals surface area contributed by atoms with Crippen molar-refractivity contribution >= 4 is 40.4 Å². The van der Waals surface area contributed by atoms with Gasteiger partial charge in [-0.05, 0) is 30.7 Å². The van der Waals surface area contributed by atoms with E-state index in [4.69, 9.17) is 4.74 Å². The fourth-order valence-electron chi connectivity index (χ4n) is 4.47. The lowest BCUT2D eigenvalue weighted by molar-refractivity contribution is -0.133. The minimum atomic E-state index is -4.00. The number of likely N-dealkylation sites (N-methyl/N-ethyl adjacent to an activating group) is 1. The predicted molar refractivity (Wildman–Crippen MR) is 160 cm³/mol. The number of carbonyl (C=O) groups excluding carboxylic acids is 2. The highest BCUT2D eigenvalue weighted by atomic mass is 19.4. The average molecular weight is 600 g/mol. The number of hydrogen-bond acceptors (Lipinski definition) is 7. The number of H-pyrrole nitrogens is 1. The number of aromatic nitrogens is 4. The van der Waals surface area contributed by atoms with E-state index in [1.165, 1.54) is 4.90 Å². The molecule has 0 saturated carbocycles. The molecule has 3 aromatic heterocycles. The summed E-state index contributed by atoms with van der Waals surface area (Å²) in [7, 11) is 1.86. The van der Waals surface area contributed by atoms with Gasteiger partial charge in [0, 0.05) is 56.0 Å². The Labute approximate surface area is 248 Å². The molecule has 4 heterocycles. The summed E-state index contributed by atoms with van der Waals surface area (Å²) in [5.41, 5.74) is 4.94. The zero-order chi connectivity index (χ0) is 31.6. The summed E-state index contributed by atoms with van der Waals surface area (Å²) in [6, 6.07) is 9.48. The van der Waals surface area contributed by atoms with Crippen molar-refractivity contribution in [1.82, 2.24) is 25.1 Å². The van der Waals surface area contributed by atoms with Crippen molar-refractivity contribution in [2.24, 2.45) is 0 Å². The van der Waals surface area contributed by atoms with E-state index < -0.39 is 6.18 Å². The molecule has 1 N–H and O–H groups in total. The number of alkyl halides is 3. The number of hydrogen-bond donors (Lipinski definition) is 1. The summed E-state index contributed by atoms with van der Waals surface area (Å²) in [4.78, 5) is 39.3. The van der Waals surface area contributed by atoms with Gasteiger partial charge < -0.3 is 14.5 Å². The molecule has 0 atom stereocenters. The summed E-state index contributed by atoms with van der Waals surface area (Å²) in [6.45, 7) is 8.60. The molecule has 4 aromatic rings. The lowest BCUT2D eigenvalue weighted by atomic mass is 10.1. The Morgan fingerprint density at radius 2 is 1.79 bits per heavy atom. The van der Waals surface area contributed by atoms with Gasteiger partial charge in [-0.25, -0.2) is 4.98 Å². The molecule has 0 unspecified atom stereocenters. The van der Waals surface area contributed by atoms with E-state index in [9.17, 15) is 22.8 Å². The Morgan fingerprint density at radius 1 is 1.09 bits per heavy atom. The Morgan fingerprint density at radius 3 is 2.42 bits per heavy atom. The minimum absolute atomic E-state index is 0.0235. The van der Waals surface area contributed by atoms with E-state index in [-0.39, 0.29) is 19.4 Å². The fraction of sp³-hybridized carbons (Fsp3) is 0.367. The molecule has 0 spiro atoms. The molecule has 5 rings (SSSR count). The van der Waals surface area contributed by atoms with Gasteiger partial charge in [0.2, 0.25) is 12.3 Å². The molecule has 2 amide bonds. The molecule has 230 valence electrons. The number of morpholine rings is 1. The quantitative estimate of drug-likeness (QED) is 0.279. The van der Waals surface area contributed by atoms with Gasteiger partial charge in [-0.15, -0.1) is 0 Å². The van der Waals surface area contributed by atoms with Crippen LogP contribution in [0.25, 0.3) is 22.0 Å². The van der Waals surface area contributed by atoms with Crippen molar-refractivity contribution in [3.63, 3.8) is 0 Å². The molecule has 1 aliphatic rings. The summed E-state index contributed by atoms with van der Waals surface area (Å²) >= 11 is 0. The standard InChI is InChI=1S/C26H27N7O3.C2H3F3.C2H6/c1-18-4-3-5-23(31(2)16-25(35)32-8-10-36-11-9-32)26(18)33(17-34)24-7-6-19(12-28-24)20-13-27-15-22-21(20)14-29-30-22;1-2(3,4)5;1-2/h3-7,12-15,17H,8-11,16H2,1-2H3,(H,29,30);1H3;1-2H3. The number of carbonyl (C=O) groups is 2. The third kappa shape index (κ3) is 8.74. The molecule has 43 heavy (non-hydrogen) atoms. The maximum Gasteiger partial charge on any atom is 0.386 e. The van der Waals surface area contributed by atoms with Crippen molar-refractivity contribution in [3.8, 4) is 11.1 Å². The highest BCUT2D eigenvalue weighted by Gasteiger charge is 2.23. The first-order chi connectivity index (χ1) is 20.6. The smallest absolute Gasteiger partial charge is 0.378 e. The number of benzene rings is 1. The van der Waals surface area contributed by atoms with Crippen molar-refractivity contribution in [2.45, 2.75) is 33.9 Å². The van der Waals surface area contributed by atoms with Crippen molar-refractivity contribution in [2.75, 3.05) is 49.7 Å². The number of halogens is 3. The van der Waals surface area contributed by atoms with E-state index in [1.54, 1.807) is 30.9 Å². The van der Waals surface area contributed by atoms with Crippen LogP contribution in [0.5, 0.6) is 0 Å². The summed E-state index contributed by atoms with van der Waals surface area (Å²) in [5, 5.41) is 7.96. The van der Waals surface area contributed by atoms with Crippen LogP contribution in [0.3, 0.4) is 0 Å². The number of nitrogens with zero attached hydrogens (tertiary/aromatic N) is 6. The van der Waals surface area contributed by atoms with Crippen LogP contribution in [0.15, 0.2) is 55.1 Å². The Balaban J connectivity index is 0.000000657. The first kappa shape index (κ1) is 33.0. The van der Waals surface area contributed by atoms with Crippen LogP contribution in [0.2, 0.25) is 0 Å². The van der Waals surface area contributed by atoms with E-state index in [2.05, 4.69) is 20.2 Å². The molecular formula is C30H36F3N7O3. The van der Waals surface area contributed by atoms with Crippen molar-refractivity contribution < 1.29 is 27.5 Å². The molecule has 1 aromatic carbocycles. The maximum atomic E-state index is 12.9. The molecule has 0 radical (unpaired) electrons. The van der Waals surface area contributed by atoms with Crippen LogP contribution in [0.4, 0.5) is 30.4 Å². The van der Waals surface area contributed by atoms with Crippen molar-refractivity contribution in [1.29, 1.82) is 0 Å². The molecule has 1 saturated heterocycles. The van der Waals surface area contributed by atoms with E-state index in [0.717, 1.165) is 39.7 Å². The summed E-state index contributed by atoms with van der Waals surface area (Å²) in [5.74, 6) is 0.500. The second kappa shape index (κ2) is 15.1. The highest BCUT2D eigenvalue weighted by molar-refractivity contribution is 5.95. The molecule has 0 aliphatic carbocycles. The Bertz CT molecular complexity index is 1480. The number of pyridine rings is 2. The Hall–Kier alpha value is -4.52. The van der Waals surface area contributed by atoms with Gasteiger partial charge >= 0.3 is 6.18 Å². The van der Waals surface area contributed by atoms with Gasteiger partial charge in [0.05, 0.1) is 49.0 Å². The van der Waals surface area contributed by atoms with Gasteiger partial charge in [0.15, 0.2) is 0 Å². The van der Waals surface area contributed by atoms with Gasteiger partial charge in [-0.2, -0.15) is 18.3 Å². The van der Waals surface area contributed by atoms with Crippen LogP contribution in [0.1, 0.15) is 26.3 Å². The normalized spacial score (nSPS) is 12.9. The van der Waals surface area contributed by atoms with Crippen LogP contribution in [0, 0.1) is 6.92 Å². The fourth-order valence-corrected chi connectivity index (χ4v) is 4.47. The number of fused-ring (bicyclic) bond motifs is 1. The van der Waals surface area contributed by atoms with Crippen LogP contribution in [-0.2, 0) is 14.3 Å². The molecule has 0 bridgehead atoms. The molecule has 1 fully saturated rings. The summed E-state index contributed by atoms with van der Waals surface area (Å²) < 4.78 is 36.4. The average Bonchev–Trinajstić information content (AvgIpc) is 3.49. The third-order valence-corrected chi connectivity index (χ3v) is 6.38. The van der Waals surface area contributed by atoms with Gasteiger partial charge in [-0.3, -0.25) is 24.6 Å².